The number of aromatic carboxylic acids is 1. The van der Waals surface area contributed by atoms with Crippen LogP contribution >= 0.6 is 0 Å². The van der Waals surface area contributed by atoms with E-state index in [-0.39, 0.29) is 17.6 Å². The van der Waals surface area contributed by atoms with Crippen LogP contribution in [-0.4, -0.2) is 23.0 Å². The highest BCUT2D eigenvalue weighted by Crippen LogP contribution is 2.26. The third kappa shape index (κ3) is 2.67. The lowest BCUT2D eigenvalue weighted by molar-refractivity contribution is -0.121. The van der Waals surface area contributed by atoms with Crippen molar-refractivity contribution in [2.75, 3.05) is 0 Å². The molecule has 1 N–H and O–H groups in total. The molecule has 18 heavy (non-hydrogen) atoms. The summed E-state index contributed by atoms with van der Waals surface area (Å²) in [7, 11) is 0. The van der Waals surface area contributed by atoms with E-state index >= 15 is 0 Å². The van der Waals surface area contributed by atoms with Crippen LogP contribution in [0.2, 0.25) is 0 Å². The topological polar surface area (TPSA) is 63.6 Å². The highest BCUT2D eigenvalue weighted by Gasteiger charge is 2.23. The van der Waals surface area contributed by atoms with Crippen molar-refractivity contribution in [3.8, 4) is 5.75 Å². The number of hydrogen-bond donors (Lipinski definition) is 1. The average molecular weight is 252 g/mol. The van der Waals surface area contributed by atoms with Gasteiger partial charge in [-0.2, -0.15) is 0 Å². The summed E-state index contributed by atoms with van der Waals surface area (Å²) in [5.41, 5.74) is -0.450. The molecule has 4 nitrogen and oxygen atoms in total. The summed E-state index contributed by atoms with van der Waals surface area (Å²) in [6.45, 7) is 0. The normalized spacial score (nSPS) is 16.6. The number of carbonyl (C=O) groups excluding carboxylic acids is 1. The molecule has 0 aliphatic heterocycles. The van der Waals surface area contributed by atoms with Gasteiger partial charge in [-0.05, 0) is 25.0 Å². The Morgan fingerprint density at radius 3 is 2.61 bits per heavy atom. The van der Waals surface area contributed by atoms with E-state index in [1.165, 1.54) is 12.1 Å². The first-order chi connectivity index (χ1) is 8.58. The van der Waals surface area contributed by atoms with E-state index in [0.717, 1.165) is 6.07 Å². The highest BCUT2D eigenvalue weighted by atomic mass is 19.1. The van der Waals surface area contributed by atoms with E-state index in [4.69, 9.17) is 9.84 Å². The summed E-state index contributed by atoms with van der Waals surface area (Å²) in [4.78, 5) is 22.0. The van der Waals surface area contributed by atoms with Crippen LogP contribution in [0, 0.1) is 5.82 Å². The molecule has 1 aromatic rings. The number of benzene rings is 1. The van der Waals surface area contributed by atoms with Crippen LogP contribution in [-0.2, 0) is 4.79 Å². The SMILES string of the molecule is O=C1CCC(Oc2cccc(F)c2C(=O)O)CC1. The Balaban J connectivity index is 2.16. The predicted octanol–water partition coefficient (Wildman–Crippen LogP) is 2.41. The van der Waals surface area contributed by atoms with Gasteiger partial charge in [0.15, 0.2) is 0 Å². The molecule has 0 heterocycles. The van der Waals surface area contributed by atoms with E-state index < -0.39 is 17.3 Å². The Kier molecular flexibility index (Phi) is 3.60. The fourth-order valence-corrected chi connectivity index (χ4v) is 2.02. The Labute approximate surface area is 103 Å². The summed E-state index contributed by atoms with van der Waals surface area (Å²) in [6, 6.07) is 3.93. The second-order valence-electron chi connectivity index (χ2n) is 4.27. The van der Waals surface area contributed by atoms with E-state index in [9.17, 15) is 14.0 Å². The molecule has 1 fully saturated rings. The molecule has 5 heteroatoms. The molecule has 1 aliphatic carbocycles. The summed E-state index contributed by atoms with van der Waals surface area (Å²) < 4.78 is 18.9. The van der Waals surface area contributed by atoms with Gasteiger partial charge in [0.25, 0.3) is 0 Å². The zero-order chi connectivity index (χ0) is 13.1. The van der Waals surface area contributed by atoms with Gasteiger partial charge in [0.2, 0.25) is 0 Å². The molecular weight excluding hydrogens is 239 g/mol. The number of carbonyl (C=O) groups is 2. The van der Waals surface area contributed by atoms with Crippen LogP contribution in [0.5, 0.6) is 5.75 Å². The van der Waals surface area contributed by atoms with Gasteiger partial charge in [-0.3, -0.25) is 4.79 Å². The Bertz CT molecular complexity index is 474. The van der Waals surface area contributed by atoms with Gasteiger partial charge in [-0.1, -0.05) is 6.07 Å². The van der Waals surface area contributed by atoms with Gasteiger partial charge in [0, 0.05) is 12.8 Å². The lowest BCUT2D eigenvalue weighted by Crippen LogP contribution is -2.25. The summed E-state index contributed by atoms with van der Waals surface area (Å²) in [5.74, 6) is -1.95. The van der Waals surface area contributed by atoms with Gasteiger partial charge >= 0.3 is 5.97 Å². The number of halogens is 1. The molecule has 1 aliphatic rings. The molecular formula is C13H13FO4. The van der Waals surface area contributed by atoms with Gasteiger partial charge in [0.1, 0.15) is 22.9 Å². The smallest absolute Gasteiger partial charge is 0.342 e. The minimum Gasteiger partial charge on any atom is -0.489 e. The third-order valence-electron chi connectivity index (χ3n) is 2.97. The minimum atomic E-state index is -1.35. The van der Waals surface area contributed by atoms with E-state index in [2.05, 4.69) is 0 Å². The maximum Gasteiger partial charge on any atom is 0.342 e. The van der Waals surface area contributed by atoms with Crippen LogP contribution in [0.25, 0.3) is 0 Å². The monoisotopic (exact) mass is 252 g/mol. The van der Waals surface area contributed by atoms with Gasteiger partial charge in [-0.15, -0.1) is 0 Å². The quantitative estimate of drug-likeness (QED) is 0.897. The molecule has 0 atom stereocenters. The van der Waals surface area contributed by atoms with Crippen molar-refractivity contribution < 1.29 is 23.8 Å². The first-order valence-corrected chi connectivity index (χ1v) is 5.78. The van der Waals surface area contributed by atoms with Gasteiger partial charge < -0.3 is 9.84 Å². The Morgan fingerprint density at radius 2 is 2.00 bits per heavy atom. The molecule has 0 spiro atoms. The van der Waals surface area contributed by atoms with E-state index in [0.29, 0.717) is 25.7 Å². The van der Waals surface area contributed by atoms with Crippen molar-refractivity contribution in [3.05, 3.63) is 29.6 Å². The molecule has 96 valence electrons. The van der Waals surface area contributed by atoms with Crippen LogP contribution in [0.3, 0.4) is 0 Å². The second-order valence-corrected chi connectivity index (χ2v) is 4.27. The molecule has 0 aromatic heterocycles. The molecule has 0 radical (unpaired) electrons. The van der Waals surface area contributed by atoms with Crippen molar-refractivity contribution in [2.45, 2.75) is 31.8 Å². The molecule has 1 aromatic carbocycles. The van der Waals surface area contributed by atoms with Crippen molar-refractivity contribution in [2.24, 2.45) is 0 Å². The standard InChI is InChI=1S/C13H13FO4/c14-10-2-1-3-11(12(10)13(16)17)18-9-6-4-8(15)5-7-9/h1-3,9H,4-7H2,(H,16,17). The van der Waals surface area contributed by atoms with E-state index in [1.54, 1.807) is 0 Å². The lowest BCUT2D eigenvalue weighted by Gasteiger charge is -2.23. The highest BCUT2D eigenvalue weighted by molar-refractivity contribution is 5.91. The number of ether oxygens (including phenoxy) is 1. The molecule has 0 amide bonds. The zero-order valence-corrected chi connectivity index (χ0v) is 9.69. The van der Waals surface area contributed by atoms with E-state index in [1.807, 2.05) is 0 Å². The van der Waals surface area contributed by atoms with Crippen LogP contribution in [0.1, 0.15) is 36.0 Å². The van der Waals surface area contributed by atoms with Crippen LogP contribution in [0.4, 0.5) is 4.39 Å². The number of rotatable bonds is 3. The average Bonchev–Trinajstić information content (AvgIpc) is 2.32. The zero-order valence-electron chi connectivity index (χ0n) is 9.69. The molecule has 2 rings (SSSR count). The fourth-order valence-electron chi connectivity index (χ4n) is 2.02. The number of carboxylic acids is 1. The lowest BCUT2D eigenvalue weighted by atomic mass is 9.96. The fraction of sp³-hybridized carbons (Fsp3) is 0.385. The summed E-state index contributed by atoms with van der Waals surface area (Å²) in [6.07, 6.45) is 1.75. The summed E-state index contributed by atoms with van der Waals surface area (Å²) in [5, 5.41) is 8.94. The van der Waals surface area contributed by atoms with Crippen molar-refractivity contribution in [3.63, 3.8) is 0 Å². The minimum absolute atomic E-state index is 0.0295. The van der Waals surface area contributed by atoms with Gasteiger partial charge in [0.05, 0.1) is 6.10 Å². The largest absolute Gasteiger partial charge is 0.489 e. The van der Waals surface area contributed by atoms with Crippen molar-refractivity contribution in [1.29, 1.82) is 0 Å². The molecule has 0 bridgehead atoms. The van der Waals surface area contributed by atoms with Crippen molar-refractivity contribution >= 4 is 11.8 Å². The maximum atomic E-state index is 13.4. The molecule has 0 unspecified atom stereocenters. The predicted molar refractivity (Wildman–Crippen MR) is 61.3 cm³/mol. The van der Waals surface area contributed by atoms with Crippen LogP contribution < -0.4 is 4.74 Å². The summed E-state index contributed by atoms with van der Waals surface area (Å²) >= 11 is 0. The van der Waals surface area contributed by atoms with Crippen molar-refractivity contribution in [1.82, 2.24) is 0 Å². The first kappa shape index (κ1) is 12.5. The number of carboxylic acid groups (broad SMARTS) is 1. The van der Waals surface area contributed by atoms with Crippen LogP contribution in [0.15, 0.2) is 18.2 Å². The number of Topliss-reactive ketones (excluding diaryl/α,β-unsaturated/α-hetero) is 1. The number of hydrogen-bond acceptors (Lipinski definition) is 3. The Hall–Kier alpha value is -1.91. The van der Waals surface area contributed by atoms with Gasteiger partial charge in [-0.25, -0.2) is 9.18 Å². The molecule has 1 saturated carbocycles. The number of ketones is 1. The third-order valence-corrected chi connectivity index (χ3v) is 2.97. The Morgan fingerprint density at radius 1 is 1.33 bits per heavy atom. The maximum absolute atomic E-state index is 13.4. The first-order valence-electron chi connectivity index (χ1n) is 5.78. The second kappa shape index (κ2) is 5.16. The molecule has 0 saturated heterocycles.